The van der Waals surface area contributed by atoms with Gasteiger partial charge in [0.15, 0.2) is 0 Å². The molecule has 1 aliphatic rings. The summed E-state index contributed by atoms with van der Waals surface area (Å²) in [5.41, 5.74) is 0. The third-order valence-corrected chi connectivity index (χ3v) is 3.10. The summed E-state index contributed by atoms with van der Waals surface area (Å²) in [6.45, 7) is 4.59. The molecule has 0 aromatic heterocycles. The fourth-order valence-electron chi connectivity index (χ4n) is 2.37. The van der Waals surface area contributed by atoms with Gasteiger partial charge in [0, 0.05) is 13.0 Å². The van der Waals surface area contributed by atoms with E-state index >= 15 is 0 Å². The Labute approximate surface area is 82.9 Å². The average molecular weight is 183 g/mol. The van der Waals surface area contributed by atoms with Gasteiger partial charge in [-0.25, -0.2) is 0 Å². The van der Waals surface area contributed by atoms with Gasteiger partial charge in [-0.05, 0) is 25.2 Å². The second-order valence-electron chi connectivity index (χ2n) is 4.37. The number of rotatable bonds is 4. The number of hydrogen-bond donors (Lipinski definition) is 0. The third kappa shape index (κ3) is 3.30. The SMILES string of the molecule is CCCC(OC)[C]1CCCC(C)C1. The van der Waals surface area contributed by atoms with E-state index in [4.69, 9.17) is 4.74 Å². The van der Waals surface area contributed by atoms with Crippen molar-refractivity contribution in [2.75, 3.05) is 7.11 Å². The second-order valence-corrected chi connectivity index (χ2v) is 4.37. The van der Waals surface area contributed by atoms with Crippen LogP contribution in [0, 0.1) is 11.8 Å². The van der Waals surface area contributed by atoms with E-state index in [1.54, 1.807) is 5.92 Å². The van der Waals surface area contributed by atoms with E-state index in [-0.39, 0.29) is 0 Å². The van der Waals surface area contributed by atoms with Crippen molar-refractivity contribution in [1.82, 2.24) is 0 Å². The summed E-state index contributed by atoms with van der Waals surface area (Å²) < 4.78 is 5.54. The van der Waals surface area contributed by atoms with Crippen molar-refractivity contribution < 1.29 is 4.74 Å². The molecule has 1 nitrogen and oxygen atoms in total. The first kappa shape index (κ1) is 11.0. The molecule has 1 saturated carbocycles. The minimum Gasteiger partial charge on any atom is -0.381 e. The van der Waals surface area contributed by atoms with Crippen LogP contribution in [-0.2, 0) is 4.74 Å². The fraction of sp³-hybridized carbons (Fsp3) is 0.917. The lowest BCUT2D eigenvalue weighted by Gasteiger charge is -2.31. The standard InChI is InChI=1S/C12H23O/c1-4-6-12(13-3)11-8-5-7-10(2)9-11/h10,12H,4-9H2,1-3H3. The highest BCUT2D eigenvalue weighted by Gasteiger charge is 2.26. The highest BCUT2D eigenvalue weighted by Crippen LogP contribution is 2.34. The Morgan fingerprint density at radius 1 is 1.54 bits per heavy atom. The molecule has 2 atom stereocenters. The van der Waals surface area contributed by atoms with Gasteiger partial charge < -0.3 is 4.74 Å². The van der Waals surface area contributed by atoms with Crippen molar-refractivity contribution in [2.24, 2.45) is 5.92 Å². The first-order chi connectivity index (χ1) is 6.27. The molecule has 0 aliphatic heterocycles. The maximum absolute atomic E-state index is 5.54. The molecule has 0 heterocycles. The summed E-state index contributed by atoms with van der Waals surface area (Å²) in [4.78, 5) is 0. The summed E-state index contributed by atoms with van der Waals surface area (Å²) in [6.07, 6.45) is 8.29. The zero-order valence-electron chi connectivity index (χ0n) is 9.31. The van der Waals surface area contributed by atoms with E-state index in [2.05, 4.69) is 13.8 Å². The second kappa shape index (κ2) is 5.64. The van der Waals surface area contributed by atoms with E-state index in [9.17, 15) is 0 Å². The highest BCUT2D eigenvalue weighted by molar-refractivity contribution is 5.01. The van der Waals surface area contributed by atoms with Gasteiger partial charge in [-0.3, -0.25) is 0 Å². The van der Waals surface area contributed by atoms with Crippen LogP contribution in [0.2, 0.25) is 0 Å². The lowest BCUT2D eigenvalue weighted by atomic mass is 9.78. The van der Waals surface area contributed by atoms with Gasteiger partial charge in [0.2, 0.25) is 0 Å². The quantitative estimate of drug-likeness (QED) is 0.647. The minimum absolute atomic E-state index is 0.452. The summed E-state index contributed by atoms with van der Waals surface area (Å²) in [7, 11) is 1.85. The smallest absolute Gasteiger partial charge is 0.0633 e. The number of hydrogen-bond acceptors (Lipinski definition) is 1. The van der Waals surface area contributed by atoms with Gasteiger partial charge in [-0.15, -0.1) is 0 Å². The molecule has 1 heteroatoms. The maximum atomic E-state index is 5.54. The van der Waals surface area contributed by atoms with Crippen LogP contribution < -0.4 is 0 Å². The van der Waals surface area contributed by atoms with Crippen molar-refractivity contribution in [3.63, 3.8) is 0 Å². The van der Waals surface area contributed by atoms with Crippen molar-refractivity contribution in [3.8, 4) is 0 Å². The molecule has 2 unspecified atom stereocenters. The minimum atomic E-state index is 0.452. The molecular weight excluding hydrogens is 160 g/mol. The van der Waals surface area contributed by atoms with Crippen molar-refractivity contribution in [1.29, 1.82) is 0 Å². The summed E-state index contributed by atoms with van der Waals surface area (Å²) in [6, 6.07) is 0. The maximum Gasteiger partial charge on any atom is 0.0633 e. The predicted octanol–water partition coefficient (Wildman–Crippen LogP) is 3.59. The van der Waals surface area contributed by atoms with Gasteiger partial charge in [-0.1, -0.05) is 33.1 Å². The molecule has 13 heavy (non-hydrogen) atoms. The Balaban J connectivity index is 2.37. The monoisotopic (exact) mass is 183 g/mol. The van der Waals surface area contributed by atoms with Crippen molar-refractivity contribution in [3.05, 3.63) is 5.92 Å². The molecule has 0 spiro atoms. The molecule has 77 valence electrons. The summed E-state index contributed by atoms with van der Waals surface area (Å²) >= 11 is 0. The van der Waals surface area contributed by atoms with Gasteiger partial charge >= 0.3 is 0 Å². The largest absolute Gasteiger partial charge is 0.381 e. The molecule has 1 radical (unpaired) electrons. The molecule has 1 fully saturated rings. The van der Waals surface area contributed by atoms with Crippen LogP contribution in [0.15, 0.2) is 0 Å². The van der Waals surface area contributed by atoms with Crippen molar-refractivity contribution in [2.45, 2.75) is 58.5 Å². The Morgan fingerprint density at radius 3 is 2.85 bits per heavy atom. The fourth-order valence-corrected chi connectivity index (χ4v) is 2.37. The Bertz CT molecular complexity index is 133. The van der Waals surface area contributed by atoms with E-state index in [0.29, 0.717) is 6.10 Å². The van der Waals surface area contributed by atoms with Crippen LogP contribution in [0.3, 0.4) is 0 Å². The van der Waals surface area contributed by atoms with Crippen LogP contribution in [0.4, 0.5) is 0 Å². The molecule has 0 aromatic carbocycles. The molecule has 0 amide bonds. The first-order valence-corrected chi connectivity index (χ1v) is 5.65. The molecule has 1 aliphatic carbocycles. The number of methoxy groups -OCH3 is 1. The average Bonchev–Trinajstić information content (AvgIpc) is 2.14. The first-order valence-electron chi connectivity index (χ1n) is 5.65. The molecule has 0 saturated heterocycles. The van der Waals surface area contributed by atoms with Gasteiger partial charge in [0.25, 0.3) is 0 Å². The van der Waals surface area contributed by atoms with Crippen molar-refractivity contribution >= 4 is 0 Å². The molecular formula is C12H23O. The van der Waals surface area contributed by atoms with Gasteiger partial charge in [0.05, 0.1) is 6.10 Å². The van der Waals surface area contributed by atoms with E-state index in [1.807, 2.05) is 7.11 Å². The lowest BCUT2D eigenvalue weighted by molar-refractivity contribution is 0.0885. The van der Waals surface area contributed by atoms with E-state index in [0.717, 1.165) is 5.92 Å². The predicted molar refractivity (Wildman–Crippen MR) is 56.6 cm³/mol. The van der Waals surface area contributed by atoms with Crippen LogP contribution in [0.1, 0.15) is 52.4 Å². The summed E-state index contributed by atoms with van der Waals surface area (Å²) in [5.74, 6) is 2.56. The zero-order chi connectivity index (χ0) is 9.68. The van der Waals surface area contributed by atoms with Crippen LogP contribution in [0.5, 0.6) is 0 Å². The van der Waals surface area contributed by atoms with Crippen LogP contribution >= 0.6 is 0 Å². The van der Waals surface area contributed by atoms with E-state index < -0.39 is 0 Å². The van der Waals surface area contributed by atoms with Crippen LogP contribution in [0.25, 0.3) is 0 Å². The molecule has 1 rings (SSSR count). The third-order valence-electron chi connectivity index (χ3n) is 3.10. The Hall–Kier alpha value is -0.0400. The Kier molecular flexibility index (Phi) is 4.79. The highest BCUT2D eigenvalue weighted by atomic mass is 16.5. The Morgan fingerprint density at radius 2 is 2.31 bits per heavy atom. The normalized spacial score (nSPS) is 27.5. The van der Waals surface area contributed by atoms with E-state index in [1.165, 1.54) is 38.5 Å². The molecule has 0 aromatic rings. The van der Waals surface area contributed by atoms with Gasteiger partial charge in [-0.2, -0.15) is 0 Å². The van der Waals surface area contributed by atoms with Gasteiger partial charge in [0.1, 0.15) is 0 Å². The zero-order valence-corrected chi connectivity index (χ0v) is 9.31. The molecule has 0 bridgehead atoms. The lowest BCUT2D eigenvalue weighted by Crippen LogP contribution is -2.25. The van der Waals surface area contributed by atoms with Crippen LogP contribution in [-0.4, -0.2) is 13.2 Å². The number of ether oxygens (including phenoxy) is 1. The summed E-state index contributed by atoms with van der Waals surface area (Å²) in [5, 5.41) is 0. The molecule has 0 N–H and O–H groups in total. The topological polar surface area (TPSA) is 9.23 Å².